The summed E-state index contributed by atoms with van der Waals surface area (Å²) in [5, 5.41) is 9.42. The van der Waals surface area contributed by atoms with Crippen LogP contribution in [0.4, 0.5) is 11.6 Å². The van der Waals surface area contributed by atoms with Gasteiger partial charge in [0.1, 0.15) is 5.75 Å². The lowest BCUT2D eigenvalue weighted by Crippen LogP contribution is -2.15. The Morgan fingerprint density at radius 1 is 0.881 bits per heavy atom. The van der Waals surface area contributed by atoms with E-state index in [0.717, 1.165) is 22.1 Å². The molecule has 0 bridgehead atoms. The van der Waals surface area contributed by atoms with E-state index in [1.54, 1.807) is 27.0 Å². The molecule has 9 nitrogen and oxygen atoms in total. The molecule has 42 heavy (non-hydrogen) atoms. The molecule has 0 aliphatic carbocycles. The Labute approximate surface area is 242 Å². The second-order valence-electron chi connectivity index (χ2n) is 9.81. The third-order valence-electron chi connectivity index (χ3n) is 7.11. The van der Waals surface area contributed by atoms with Crippen molar-refractivity contribution < 1.29 is 22.5 Å². The lowest BCUT2D eigenvalue weighted by atomic mass is 10.0. The van der Waals surface area contributed by atoms with Crippen molar-refractivity contribution in [2.24, 2.45) is 0 Å². The zero-order chi connectivity index (χ0) is 29.4. The van der Waals surface area contributed by atoms with Crippen LogP contribution >= 0.6 is 0 Å². The molecule has 0 saturated heterocycles. The maximum Gasteiger partial charge on any atom is 0.264 e. The van der Waals surface area contributed by atoms with Crippen molar-refractivity contribution >= 4 is 49.2 Å². The smallest absolute Gasteiger partial charge is 0.264 e. The van der Waals surface area contributed by atoms with Gasteiger partial charge in [0.15, 0.2) is 0 Å². The van der Waals surface area contributed by atoms with Gasteiger partial charge in [-0.2, -0.15) is 0 Å². The number of carbonyl (C=O) groups excluding carboxylic acids is 1. The average Bonchev–Trinajstić information content (AvgIpc) is 3.31. The summed E-state index contributed by atoms with van der Waals surface area (Å²) in [7, 11) is -2.28. The monoisotopic (exact) mass is 578 g/mol. The van der Waals surface area contributed by atoms with Crippen molar-refractivity contribution in [3.8, 4) is 17.0 Å². The molecule has 0 unspecified atom stereocenters. The molecule has 0 aliphatic rings. The molecule has 2 N–H and O–H groups in total. The summed E-state index contributed by atoms with van der Waals surface area (Å²) in [6, 6.07) is 27.0. The number of anilines is 2. The van der Waals surface area contributed by atoms with Gasteiger partial charge in [0.25, 0.3) is 15.9 Å². The molecule has 210 valence electrons. The first-order valence-corrected chi connectivity index (χ1v) is 14.6. The Morgan fingerprint density at radius 2 is 1.62 bits per heavy atom. The number of carbonyl (C=O) groups is 1. The number of pyridine rings is 1. The first kappa shape index (κ1) is 27.0. The summed E-state index contributed by atoms with van der Waals surface area (Å²) in [4.78, 5) is 18.4. The quantitative estimate of drug-likeness (QED) is 0.215. The van der Waals surface area contributed by atoms with Gasteiger partial charge in [0.05, 0.1) is 34.5 Å². The molecule has 2 aromatic heterocycles. The number of amides is 1. The Balaban J connectivity index is 1.29. The summed E-state index contributed by atoms with van der Waals surface area (Å²) in [6.07, 6.45) is 0. The van der Waals surface area contributed by atoms with Gasteiger partial charge in [-0.1, -0.05) is 41.6 Å². The van der Waals surface area contributed by atoms with Crippen LogP contribution in [-0.4, -0.2) is 31.6 Å². The first-order chi connectivity index (χ1) is 20.2. The minimum atomic E-state index is -3.92. The van der Waals surface area contributed by atoms with E-state index in [1.807, 2.05) is 60.7 Å². The van der Waals surface area contributed by atoms with E-state index in [1.165, 1.54) is 24.3 Å². The van der Waals surface area contributed by atoms with E-state index < -0.39 is 10.0 Å². The van der Waals surface area contributed by atoms with E-state index in [0.29, 0.717) is 39.1 Å². The molecule has 0 saturated carbocycles. The summed E-state index contributed by atoms with van der Waals surface area (Å²) in [6.45, 7) is 3.44. The average molecular weight is 579 g/mol. The fourth-order valence-electron chi connectivity index (χ4n) is 4.63. The molecule has 10 heteroatoms. The van der Waals surface area contributed by atoms with Gasteiger partial charge in [-0.05, 0) is 79.2 Å². The van der Waals surface area contributed by atoms with Crippen LogP contribution in [-0.2, 0) is 10.0 Å². The molecule has 2 heterocycles. The molecule has 6 rings (SSSR count). The molecule has 6 aromatic rings. The number of aromatic nitrogens is 2. The van der Waals surface area contributed by atoms with E-state index in [4.69, 9.17) is 14.2 Å². The molecule has 4 aromatic carbocycles. The molecule has 0 spiro atoms. The topological polar surface area (TPSA) is 123 Å². The van der Waals surface area contributed by atoms with Crippen LogP contribution in [0.5, 0.6) is 5.75 Å². The summed E-state index contributed by atoms with van der Waals surface area (Å²) >= 11 is 0. The van der Waals surface area contributed by atoms with Gasteiger partial charge in [-0.15, -0.1) is 0 Å². The van der Waals surface area contributed by atoms with Crippen LogP contribution in [0.2, 0.25) is 0 Å². The fraction of sp³-hybridized carbons (Fsp3) is 0.0938. The number of ether oxygens (including phenoxy) is 1. The summed E-state index contributed by atoms with van der Waals surface area (Å²) in [5.41, 5.74) is 4.29. The minimum absolute atomic E-state index is 0.0134. The number of aryl methyl sites for hydroxylation is 1. The highest BCUT2D eigenvalue weighted by molar-refractivity contribution is 7.92. The number of rotatable bonds is 7. The highest BCUT2D eigenvalue weighted by Gasteiger charge is 2.20. The molecule has 0 fully saturated rings. The number of hydrogen-bond donors (Lipinski definition) is 2. The summed E-state index contributed by atoms with van der Waals surface area (Å²) < 4.78 is 38.5. The SMILES string of the molecule is COc1ccc2cc(-c3cc(C(=O)Nc4ccc(S(=O)(=O)Nc5onc(C)c5C)cc4)c4ccccc4n3)ccc2c1. The highest BCUT2D eigenvalue weighted by atomic mass is 32.2. The van der Waals surface area contributed by atoms with Crippen molar-refractivity contribution in [1.82, 2.24) is 10.1 Å². The number of benzene rings is 4. The van der Waals surface area contributed by atoms with Gasteiger partial charge in [0.2, 0.25) is 5.88 Å². The standard InChI is InChI=1S/C32H26N4O5S/c1-19-20(2)35-41-32(19)36-42(38,39)26-14-11-24(12-15-26)33-31(37)28-18-30(34-29-7-5-4-6-27(28)29)23-9-8-22-17-25(40-3)13-10-21(22)16-23/h4-18,36H,1-3H3,(H,33,37). The molecule has 0 radical (unpaired) electrons. The Bertz CT molecular complexity index is 2090. The van der Waals surface area contributed by atoms with Crippen LogP contribution in [0.25, 0.3) is 32.9 Å². The predicted molar refractivity (Wildman–Crippen MR) is 162 cm³/mol. The third-order valence-corrected chi connectivity index (χ3v) is 8.46. The second kappa shape index (κ2) is 10.6. The van der Waals surface area contributed by atoms with Crippen LogP contribution < -0.4 is 14.8 Å². The maximum absolute atomic E-state index is 13.6. The van der Waals surface area contributed by atoms with Crippen LogP contribution in [0.15, 0.2) is 100 Å². The van der Waals surface area contributed by atoms with Gasteiger partial charge in [-0.25, -0.2) is 18.1 Å². The predicted octanol–water partition coefficient (Wildman–Crippen LogP) is 6.72. The Morgan fingerprint density at radius 3 is 2.36 bits per heavy atom. The number of sulfonamides is 1. The van der Waals surface area contributed by atoms with Gasteiger partial charge in [-0.3, -0.25) is 4.79 Å². The van der Waals surface area contributed by atoms with E-state index in [9.17, 15) is 13.2 Å². The van der Waals surface area contributed by atoms with Crippen molar-refractivity contribution in [2.75, 3.05) is 17.1 Å². The van der Waals surface area contributed by atoms with E-state index >= 15 is 0 Å². The van der Waals surface area contributed by atoms with Crippen LogP contribution in [0, 0.1) is 13.8 Å². The third kappa shape index (κ3) is 5.15. The van der Waals surface area contributed by atoms with Gasteiger partial charge >= 0.3 is 0 Å². The molecule has 0 atom stereocenters. The zero-order valence-electron chi connectivity index (χ0n) is 23.0. The number of para-hydroxylation sites is 1. The number of nitrogens with one attached hydrogen (secondary N) is 2. The van der Waals surface area contributed by atoms with E-state index in [-0.39, 0.29) is 16.7 Å². The molecular weight excluding hydrogens is 552 g/mol. The fourth-order valence-corrected chi connectivity index (χ4v) is 5.68. The van der Waals surface area contributed by atoms with Crippen LogP contribution in [0.3, 0.4) is 0 Å². The lowest BCUT2D eigenvalue weighted by Gasteiger charge is -2.12. The highest BCUT2D eigenvalue weighted by Crippen LogP contribution is 2.30. The largest absolute Gasteiger partial charge is 0.497 e. The van der Waals surface area contributed by atoms with Crippen molar-refractivity contribution in [3.05, 3.63) is 108 Å². The van der Waals surface area contributed by atoms with E-state index in [2.05, 4.69) is 15.2 Å². The zero-order valence-corrected chi connectivity index (χ0v) is 23.8. The number of fused-ring (bicyclic) bond motifs is 2. The normalized spacial score (nSPS) is 11.5. The van der Waals surface area contributed by atoms with Gasteiger partial charge in [0, 0.05) is 22.2 Å². The first-order valence-electron chi connectivity index (χ1n) is 13.1. The van der Waals surface area contributed by atoms with Gasteiger partial charge < -0.3 is 14.6 Å². The molecule has 1 amide bonds. The van der Waals surface area contributed by atoms with Crippen molar-refractivity contribution in [2.45, 2.75) is 18.7 Å². The van der Waals surface area contributed by atoms with Crippen molar-refractivity contribution in [1.29, 1.82) is 0 Å². The molecule has 0 aliphatic heterocycles. The lowest BCUT2D eigenvalue weighted by molar-refractivity contribution is 0.102. The minimum Gasteiger partial charge on any atom is -0.497 e. The number of hydrogen-bond acceptors (Lipinski definition) is 7. The van der Waals surface area contributed by atoms with Crippen LogP contribution in [0.1, 0.15) is 21.6 Å². The number of methoxy groups -OCH3 is 1. The Hall–Kier alpha value is -5.22. The second-order valence-corrected chi connectivity index (χ2v) is 11.5. The Kier molecular flexibility index (Phi) is 6.83. The molecular formula is C32H26N4O5S. The van der Waals surface area contributed by atoms with Crippen molar-refractivity contribution in [3.63, 3.8) is 0 Å². The number of nitrogens with zero attached hydrogens (tertiary/aromatic N) is 2. The maximum atomic E-state index is 13.6. The summed E-state index contributed by atoms with van der Waals surface area (Å²) in [5.74, 6) is 0.498.